The van der Waals surface area contributed by atoms with E-state index < -0.39 is 0 Å². The van der Waals surface area contributed by atoms with E-state index in [9.17, 15) is 4.79 Å². The maximum Gasteiger partial charge on any atom is 0.129 e. The summed E-state index contributed by atoms with van der Waals surface area (Å²) in [5, 5.41) is 0. The maximum atomic E-state index is 10.6. The molecule has 15 heavy (non-hydrogen) atoms. The van der Waals surface area contributed by atoms with Crippen LogP contribution in [0, 0.1) is 0 Å². The van der Waals surface area contributed by atoms with Crippen molar-refractivity contribution in [2.75, 3.05) is 0 Å². The molecule has 90 valence electrons. The van der Waals surface area contributed by atoms with E-state index in [1.165, 1.54) is 32.1 Å². The Balaban J connectivity index is 0. The van der Waals surface area contributed by atoms with Gasteiger partial charge in [-0.1, -0.05) is 45.6 Å². The molecule has 0 saturated carbocycles. The van der Waals surface area contributed by atoms with Crippen LogP contribution in [0.5, 0.6) is 0 Å². The van der Waals surface area contributed by atoms with Crippen molar-refractivity contribution in [3.05, 3.63) is 12.7 Å². The van der Waals surface area contributed by atoms with Crippen molar-refractivity contribution in [1.82, 2.24) is 0 Å². The van der Waals surface area contributed by atoms with Gasteiger partial charge in [-0.3, -0.25) is 0 Å². The number of rotatable bonds is 9. The zero-order chi connectivity index (χ0) is 11.9. The minimum atomic E-state index is 0.326. The molecule has 0 rings (SSSR count). The zero-order valence-corrected chi connectivity index (χ0v) is 10.8. The molecule has 0 bridgehead atoms. The third kappa shape index (κ3) is 19.7. The molecule has 0 fully saturated rings. The average molecular weight is 212 g/mol. The van der Waals surface area contributed by atoms with Crippen LogP contribution in [0.3, 0.4) is 0 Å². The van der Waals surface area contributed by atoms with Gasteiger partial charge in [0.2, 0.25) is 0 Å². The van der Waals surface area contributed by atoms with Crippen LogP contribution in [0.1, 0.15) is 72.1 Å². The number of carbonyl (C=O) groups is 1. The van der Waals surface area contributed by atoms with E-state index in [-0.39, 0.29) is 0 Å². The van der Waals surface area contributed by atoms with Crippen LogP contribution in [-0.4, -0.2) is 5.78 Å². The van der Waals surface area contributed by atoms with Crippen LogP contribution in [0.15, 0.2) is 12.7 Å². The Hall–Kier alpha value is -0.590. The number of hydrogen-bond acceptors (Lipinski definition) is 1. The molecule has 1 heteroatoms. The lowest BCUT2D eigenvalue weighted by molar-refractivity contribution is -0.117. The molecule has 0 aliphatic carbocycles. The standard InChI is InChI=1S/C12H22O.C2H6/c1-3-4-5-6-7-8-9-10-11-12(2)13;1-2/h3H,1,4-11H2,2H3;1-2H3. The molecule has 0 spiro atoms. The Kier molecular flexibility index (Phi) is 17.8. The average Bonchev–Trinajstić information content (AvgIpc) is 2.24. The second-order valence-electron chi connectivity index (χ2n) is 3.65. The quantitative estimate of drug-likeness (QED) is 0.392. The highest BCUT2D eigenvalue weighted by Gasteiger charge is 1.93. The molecule has 0 aromatic carbocycles. The fourth-order valence-corrected chi connectivity index (χ4v) is 1.37. The van der Waals surface area contributed by atoms with Gasteiger partial charge >= 0.3 is 0 Å². The number of unbranched alkanes of at least 4 members (excludes halogenated alkanes) is 6. The van der Waals surface area contributed by atoms with Crippen molar-refractivity contribution in [1.29, 1.82) is 0 Å². The first-order valence-corrected chi connectivity index (χ1v) is 6.37. The Bertz CT molecular complexity index is 138. The minimum absolute atomic E-state index is 0.326. The molecule has 0 N–H and O–H groups in total. The van der Waals surface area contributed by atoms with Crippen molar-refractivity contribution >= 4 is 5.78 Å². The van der Waals surface area contributed by atoms with E-state index in [2.05, 4.69) is 6.58 Å². The van der Waals surface area contributed by atoms with Crippen LogP contribution in [0.2, 0.25) is 0 Å². The van der Waals surface area contributed by atoms with E-state index in [1.807, 2.05) is 19.9 Å². The highest BCUT2D eigenvalue weighted by Crippen LogP contribution is 2.08. The van der Waals surface area contributed by atoms with Gasteiger partial charge < -0.3 is 4.79 Å². The fraction of sp³-hybridized carbons (Fsp3) is 0.786. The maximum absolute atomic E-state index is 10.6. The van der Waals surface area contributed by atoms with Gasteiger partial charge in [0.25, 0.3) is 0 Å². The smallest absolute Gasteiger partial charge is 0.129 e. The van der Waals surface area contributed by atoms with Gasteiger partial charge in [-0.25, -0.2) is 0 Å². The summed E-state index contributed by atoms with van der Waals surface area (Å²) in [5.41, 5.74) is 0. The van der Waals surface area contributed by atoms with Gasteiger partial charge in [0, 0.05) is 6.42 Å². The van der Waals surface area contributed by atoms with Gasteiger partial charge in [0.1, 0.15) is 5.78 Å². The second-order valence-corrected chi connectivity index (χ2v) is 3.65. The largest absolute Gasteiger partial charge is 0.300 e. The Morgan fingerprint density at radius 3 is 1.93 bits per heavy atom. The summed E-state index contributed by atoms with van der Waals surface area (Å²) in [7, 11) is 0. The van der Waals surface area contributed by atoms with Crippen molar-refractivity contribution in [3.8, 4) is 0 Å². The van der Waals surface area contributed by atoms with E-state index in [0.717, 1.165) is 19.3 Å². The monoisotopic (exact) mass is 212 g/mol. The van der Waals surface area contributed by atoms with Crippen molar-refractivity contribution < 1.29 is 4.79 Å². The molecule has 0 heterocycles. The minimum Gasteiger partial charge on any atom is -0.300 e. The summed E-state index contributed by atoms with van der Waals surface area (Å²) in [6, 6.07) is 0. The highest BCUT2D eigenvalue weighted by atomic mass is 16.1. The number of ketones is 1. The SMILES string of the molecule is C=CCCCCCCCCC(C)=O.CC. The first kappa shape index (κ1) is 16.8. The fourth-order valence-electron chi connectivity index (χ4n) is 1.37. The molecule has 0 radical (unpaired) electrons. The summed E-state index contributed by atoms with van der Waals surface area (Å²) in [5.74, 6) is 0.326. The van der Waals surface area contributed by atoms with Crippen LogP contribution in [0.25, 0.3) is 0 Å². The van der Waals surface area contributed by atoms with Crippen molar-refractivity contribution in [3.63, 3.8) is 0 Å². The van der Waals surface area contributed by atoms with Crippen LogP contribution in [-0.2, 0) is 4.79 Å². The lowest BCUT2D eigenvalue weighted by Crippen LogP contribution is -1.89. The summed E-state index contributed by atoms with van der Waals surface area (Å²) < 4.78 is 0. The normalized spacial score (nSPS) is 9.00. The lowest BCUT2D eigenvalue weighted by Gasteiger charge is -1.99. The predicted molar refractivity (Wildman–Crippen MR) is 69.2 cm³/mol. The summed E-state index contributed by atoms with van der Waals surface area (Å²) in [6.45, 7) is 9.36. The predicted octanol–water partition coefficient (Wildman–Crippen LogP) is 4.91. The van der Waals surface area contributed by atoms with Gasteiger partial charge in [-0.2, -0.15) is 0 Å². The van der Waals surface area contributed by atoms with Crippen molar-refractivity contribution in [2.24, 2.45) is 0 Å². The number of allylic oxidation sites excluding steroid dienone is 1. The summed E-state index contributed by atoms with van der Waals surface area (Å²) >= 11 is 0. The van der Waals surface area contributed by atoms with Crippen molar-refractivity contribution in [2.45, 2.75) is 72.1 Å². The molecule has 0 unspecified atom stereocenters. The van der Waals surface area contributed by atoms with Crippen LogP contribution >= 0.6 is 0 Å². The van der Waals surface area contributed by atoms with E-state index in [1.54, 1.807) is 6.92 Å². The highest BCUT2D eigenvalue weighted by molar-refractivity contribution is 5.75. The Morgan fingerprint density at radius 2 is 1.47 bits per heavy atom. The summed E-state index contributed by atoms with van der Waals surface area (Å²) in [6.07, 6.45) is 11.4. The number of carbonyl (C=O) groups excluding carboxylic acids is 1. The van der Waals surface area contributed by atoms with Gasteiger partial charge in [-0.05, 0) is 26.2 Å². The molecular formula is C14H28O. The van der Waals surface area contributed by atoms with E-state index >= 15 is 0 Å². The Labute approximate surface area is 96.0 Å². The third-order valence-electron chi connectivity index (χ3n) is 2.19. The molecule has 0 aromatic rings. The molecule has 0 saturated heterocycles. The molecule has 0 aliphatic rings. The zero-order valence-electron chi connectivity index (χ0n) is 10.8. The van der Waals surface area contributed by atoms with E-state index in [4.69, 9.17) is 0 Å². The van der Waals surface area contributed by atoms with Crippen LogP contribution in [0.4, 0.5) is 0 Å². The summed E-state index contributed by atoms with van der Waals surface area (Å²) in [4.78, 5) is 10.6. The molecular weight excluding hydrogens is 184 g/mol. The number of hydrogen-bond donors (Lipinski definition) is 0. The molecule has 0 atom stereocenters. The molecule has 0 aromatic heterocycles. The van der Waals surface area contributed by atoms with Gasteiger partial charge in [0.05, 0.1) is 0 Å². The third-order valence-corrected chi connectivity index (χ3v) is 2.19. The van der Waals surface area contributed by atoms with Crippen LogP contribution < -0.4 is 0 Å². The molecule has 1 nitrogen and oxygen atoms in total. The second kappa shape index (κ2) is 15.9. The topological polar surface area (TPSA) is 17.1 Å². The van der Waals surface area contributed by atoms with Gasteiger partial charge in [-0.15, -0.1) is 6.58 Å². The first-order chi connectivity index (χ1) is 7.27. The number of Topliss-reactive ketones (excluding diaryl/α,β-unsaturated/α-hetero) is 1. The Morgan fingerprint density at radius 1 is 1.00 bits per heavy atom. The molecule has 0 aliphatic heterocycles. The van der Waals surface area contributed by atoms with E-state index in [0.29, 0.717) is 5.78 Å². The van der Waals surface area contributed by atoms with Gasteiger partial charge in [0.15, 0.2) is 0 Å². The first-order valence-electron chi connectivity index (χ1n) is 6.37. The molecule has 0 amide bonds. The lowest BCUT2D eigenvalue weighted by atomic mass is 10.1.